The van der Waals surface area contributed by atoms with E-state index in [0.717, 1.165) is 12.8 Å². The fourth-order valence-electron chi connectivity index (χ4n) is 1.66. The Morgan fingerprint density at radius 1 is 0.889 bits per heavy atom. The Labute approximate surface area is 144 Å². The van der Waals surface area contributed by atoms with Gasteiger partial charge in [0.15, 0.2) is 3.23 Å². The van der Waals surface area contributed by atoms with Gasteiger partial charge in [-0.15, -0.1) is 0 Å². The van der Waals surface area contributed by atoms with Gasteiger partial charge < -0.3 is 10.2 Å². The average Bonchev–Trinajstić information content (AvgIpc) is 2.26. The SMILES string of the molecule is CCCCCCCCCC(Br)C(Br)(Br)C(O)(O)Br. The van der Waals surface area contributed by atoms with E-state index in [1.54, 1.807) is 0 Å². The first-order valence-corrected chi connectivity index (χ1v) is 9.68. The highest BCUT2D eigenvalue weighted by Crippen LogP contribution is 2.47. The number of hydrogen-bond acceptors (Lipinski definition) is 2. The summed E-state index contributed by atoms with van der Waals surface area (Å²) in [4.78, 5) is -0.0741. The van der Waals surface area contributed by atoms with Gasteiger partial charge in [0.1, 0.15) is 0 Å². The van der Waals surface area contributed by atoms with Crippen LogP contribution in [0.5, 0.6) is 0 Å². The molecule has 0 aliphatic rings. The van der Waals surface area contributed by atoms with Crippen molar-refractivity contribution in [3.05, 3.63) is 0 Å². The van der Waals surface area contributed by atoms with Crippen LogP contribution in [0.1, 0.15) is 58.3 Å². The summed E-state index contributed by atoms with van der Waals surface area (Å²) in [7, 11) is 0. The number of rotatable bonds is 10. The van der Waals surface area contributed by atoms with Crippen LogP contribution < -0.4 is 0 Å². The van der Waals surface area contributed by atoms with Gasteiger partial charge in [-0.3, -0.25) is 0 Å². The Bertz CT molecular complexity index is 217. The quantitative estimate of drug-likeness (QED) is 0.231. The van der Waals surface area contributed by atoms with E-state index in [2.05, 4.69) is 70.6 Å². The van der Waals surface area contributed by atoms with E-state index in [0.29, 0.717) is 0 Å². The van der Waals surface area contributed by atoms with Gasteiger partial charge in [-0.25, -0.2) is 0 Å². The monoisotopic (exact) mass is 514 g/mol. The minimum atomic E-state index is -1.99. The van der Waals surface area contributed by atoms with Crippen LogP contribution in [0.25, 0.3) is 0 Å². The van der Waals surface area contributed by atoms with Crippen LogP contribution in [0.2, 0.25) is 0 Å². The highest BCUT2D eigenvalue weighted by atomic mass is 79.9. The van der Waals surface area contributed by atoms with Crippen LogP contribution in [0.15, 0.2) is 0 Å². The minimum absolute atomic E-state index is 0.0741. The molecule has 0 spiro atoms. The second kappa shape index (κ2) is 9.72. The maximum Gasteiger partial charge on any atom is 0.248 e. The first-order chi connectivity index (χ1) is 8.23. The second-order valence-corrected chi connectivity index (χ2v) is 10.4. The van der Waals surface area contributed by atoms with Gasteiger partial charge in [-0.05, 0) is 22.4 Å². The number of unbranched alkanes of at least 4 members (excludes halogenated alkanes) is 6. The number of aliphatic hydroxyl groups is 2. The molecular formula is C12H22Br4O2. The molecule has 0 amide bonds. The van der Waals surface area contributed by atoms with Crippen molar-refractivity contribution < 1.29 is 10.2 Å². The summed E-state index contributed by atoms with van der Waals surface area (Å²) in [6.45, 7) is 2.22. The molecule has 1 unspecified atom stereocenters. The molecule has 0 aromatic rings. The minimum Gasteiger partial charge on any atom is -0.355 e. The van der Waals surface area contributed by atoms with E-state index in [9.17, 15) is 10.2 Å². The molecule has 6 heteroatoms. The zero-order valence-corrected chi connectivity index (χ0v) is 17.0. The normalized spacial score (nSPS) is 14.8. The lowest BCUT2D eigenvalue weighted by Crippen LogP contribution is -2.46. The molecule has 0 heterocycles. The van der Waals surface area contributed by atoms with E-state index in [4.69, 9.17) is 0 Å². The van der Waals surface area contributed by atoms with Gasteiger partial charge in [0.2, 0.25) is 4.70 Å². The van der Waals surface area contributed by atoms with Gasteiger partial charge in [0.05, 0.1) is 0 Å². The van der Waals surface area contributed by atoms with Crippen molar-refractivity contribution in [3.8, 4) is 0 Å². The summed E-state index contributed by atoms with van der Waals surface area (Å²) in [6, 6.07) is 0. The third-order valence-corrected chi connectivity index (χ3v) is 9.15. The molecule has 0 aliphatic carbocycles. The Hall–Kier alpha value is 1.84. The third-order valence-electron chi connectivity index (χ3n) is 2.88. The Kier molecular flexibility index (Phi) is 10.7. The Morgan fingerprint density at radius 3 is 1.78 bits per heavy atom. The lowest BCUT2D eigenvalue weighted by molar-refractivity contribution is -0.0735. The van der Waals surface area contributed by atoms with E-state index in [1.165, 1.54) is 38.5 Å². The Morgan fingerprint density at radius 2 is 1.33 bits per heavy atom. The van der Waals surface area contributed by atoms with E-state index < -0.39 is 7.93 Å². The molecule has 0 fully saturated rings. The van der Waals surface area contributed by atoms with Crippen LogP contribution in [0.4, 0.5) is 0 Å². The summed E-state index contributed by atoms with van der Waals surface area (Å²) in [6.07, 6.45) is 9.63. The van der Waals surface area contributed by atoms with E-state index in [-0.39, 0.29) is 4.83 Å². The molecule has 1 atom stereocenters. The van der Waals surface area contributed by atoms with Gasteiger partial charge in [-0.2, -0.15) is 0 Å². The lowest BCUT2D eigenvalue weighted by Gasteiger charge is -2.34. The zero-order valence-electron chi connectivity index (χ0n) is 10.6. The van der Waals surface area contributed by atoms with Crippen LogP contribution in [0.3, 0.4) is 0 Å². The fourth-order valence-corrected chi connectivity index (χ4v) is 3.35. The van der Waals surface area contributed by atoms with Crippen LogP contribution in [-0.2, 0) is 0 Å². The molecule has 0 radical (unpaired) electrons. The van der Waals surface area contributed by atoms with Gasteiger partial charge in [0.25, 0.3) is 0 Å². The first-order valence-electron chi connectivity index (χ1n) is 6.39. The van der Waals surface area contributed by atoms with Crippen molar-refractivity contribution in [1.82, 2.24) is 0 Å². The molecule has 0 rings (SSSR count). The van der Waals surface area contributed by atoms with Crippen molar-refractivity contribution in [1.29, 1.82) is 0 Å². The van der Waals surface area contributed by atoms with Gasteiger partial charge >= 0.3 is 0 Å². The van der Waals surface area contributed by atoms with Crippen LogP contribution in [-0.4, -0.2) is 23.0 Å². The topological polar surface area (TPSA) is 40.5 Å². The largest absolute Gasteiger partial charge is 0.355 e. The average molecular weight is 518 g/mol. The van der Waals surface area contributed by atoms with Crippen LogP contribution in [0, 0.1) is 0 Å². The predicted octanol–water partition coefficient (Wildman–Crippen LogP) is 5.41. The molecule has 0 aromatic heterocycles. The molecule has 2 N–H and O–H groups in total. The smallest absolute Gasteiger partial charge is 0.248 e. The lowest BCUT2D eigenvalue weighted by atomic mass is 10.1. The van der Waals surface area contributed by atoms with Crippen molar-refractivity contribution >= 4 is 63.7 Å². The molecule has 0 saturated heterocycles. The number of hydrogen-bond donors (Lipinski definition) is 2. The maximum absolute atomic E-state index is 9.56. The third kappa shape index (κ3) is 7.58. The van der Waals surface area contributed by atoms with Crippen molar-refractivity contribution in [2.75, 3.05) is 0 Å². The summed E-state index contributed by atoms with van der Waals surface area (Å²) >= 11 is 12.9. The molecule has 110 valence electrons. The van der Waals surface area contributed by atoms with Crippen molar-refractivity contribution in [2.45, 2.75) is 71.0 Å². The standard InChI is InChI=1S/C12H22Br4O2/c1-2-3-4-5-6-7-8-9-10(13)11(14,15)12(16,17)18/h10,17-18H,2-9H2,1H3. The highest BCUT2D eigenvalue weighted by Gasteiger charge is 2.48. The maximum atomic E-state index is 9.56. The molecule has 0 bridgehead atoms. The summed E-state index contributed by atoms with van der Waals surface area (Å²) < 4.78 is -2.98. The molecule has 0 aliphatic heterocycles. The fraction of sp³-hybridized carbons (Fsp3) is 1.00. The first kappa shape index (κ1) is 19.8. The van der Waals surface area contributed by atoms with Crippen molar-refractivity contribution in [3.63, 3.8) is 0 Å². The van der Waals surface area contributed by atoms with E-state index >= 15 is 0 Å². The number of alkyl halides is 4. The van der Waals surface area contributed by atoms with Gasteiger partial charge in [0, 0.05) is 4.83 Å². The number of halogens is 4. The molecule has 18 heavy (non-hydrogen) atoms. The van der Waals surface area contributed by atoms with Crippen molar-refractivity contribution in [2.24, 2.45) is 0 Å². The predicted molar refractivity (Wildman–Crippen MR) is 92.0 cm³/mol. The zero-order chi connectivity index (χ0) is 14.2. The summed E-state index contributed by atoms with van der Waals surface area (Å²) in [5.74, 6) is 0. The van der Waals surface area contributed by atoms with Crippen LogP contribution >= 0.6 is 63.7 Å². The second-order valence-electron chi connectivity index (χ2n) is 4.59. The summed E-state index contributed by atoms with van der Waals surface area (Å²) in [5, 5.41) is 19.1. The Balaban J connectivity index is 3.74. The molecule has 0 aromatic carbocycles. The highest BCUT2D eigenvalue weighted by molar-refractivity contribution is 9.27. The molecular weight excluding hydrogens is 496 g/mol. The molecule has 2 nitrogen and oxygen atoms in total. The van der Waals surface area contributed by atoms with E-state index in [1.807, 2.05) is 0 Å². The molecule has 0 saturated carbocycles. The van der Waals surface area contributed by atoms with Gasteiger partial charge in [-0.1, -0.05) is 99.7 Å². The summed E-state index contributed by atoms with van der Waals surface area (Å²) in [5.41, 5.74) is 0.